The van der Waals surface area contributed by atoms with Gasteiger partial charge in [0.1, 0.15) is 6.33 Å². The zero-order valence-electron chi connectivity index (χ0n) is 13.9. The molecule has 6 nitrogen and oxygen atoms in total. The van der Waals surface area contributed by atoms with E-state index in [9.17, 15) is 0 Å². The minimum Gasteiger partial charge on any atom is -0.366 e. The topological polar surface area (TPSA) is 49.6 Å². The molecule has 0 atom stereocenters. The number of nitrogens with zero attached hydrogens (tertiary/aromatic N) is 6. The number of rotatable bonds is 3. The molecule has 0 amide bonds. The van der Waals surface area contributed by atoms with Crippen molar-refractivity contribution < 1.29 is 0 Å². The predicted octanol–water partition coefficient (Wildman–Crippen LogP) is 3.06. The van der Waals surface area contributed by atoms with Gasteiger partial charge in [-0.2, -0.15) is 9.61 Å². The molecule has 0 saturated carbocycles. The van der Waals surface area contributed by atoms with E-state index in [4.69, 9.17) is 23.2 Å². The first-order valence-electron chi connectivity index (χ1n) is 8.19. The van der Waals surface area contributed by atoms with Crippen molar-refractivity contribution in [3.63, 3.8) is 0 Å². The van der Waals surface area contributed by atoms with Gasteiger partial charge >= 0.3 is 0 Å². The maximum absolute atomic E-state index is 6.30. The van der Waals surface area contributed by atoms with E-state index in [0.717, 1.165) is 60.3 Å². The number of hydrogen-bond donors (Lipinski definition) is 0. The number of piperazine rings is 1. The van der Waals surface area contributed by atoms with Gasteiger partial charge in [0, 0.05) is 42.8 Å². The second kappa shape index (κ2) is 6.78. The lowest BCUT2D eigenvalue weighted by Gasteiger charge is -2.36. The van der Waals surface area contributed by atoms with Crippen LogP contribution in [0.25, 0.3) is 5.65 Å². The van der Waals surface area contributed by atoms with Crippen LogP contribution in [-0.4, -0.2) is 50.9 Å². The van der Waals surface area contributed by atoms with E-state index in [2.05, 4.69) is 31.2 Å². The largest absolute Gasteiger partial charge is 0.366 e. The van der Waals surface area contributed by atoms with E-state index in [1.54, 1.807) is 16.9 Å². The van der Waals surface area contributed by atoms with Gasteiger partial charge in [-0.1, -0.05) is 29.3 Å². The van der Waals surface area contributed by atoms with Crippen LogP contribution < -0.4 is 4.90 Å². The molecule has 1 aromatic carbocycles. The third-order valence-corrected chi connectivity index (χ3v) is 5.08. The number of anilines is 1. The van der Waals surface area contributed by atoms with Crippen LogP contribution in [0.1, 0.15) is 11.3 Å². The van der Waals surface area contributed by atoms with Gasteiger partial charge in [-0.05, 0) is 30.7 Å². The summed E-state index contributed by atoms with van der Waals surface area (Å²) in [6, 6.07) is 7.77. The molecule has 3 heterocycles. The first-order chi connectivity index (χ1) is 12.1. The quantitative estimate of drug-likeness (QED) is 0.702. The molecule has 130 valence electrons. The first-order valence-corrected chi connectivity index (χ1v) is 8.94. The molecular weight excluding hydrogens is 359 g/mol. The minimum atomic E-state index is 0.670. The van der Waals surface area contributed by atoms with Crippen LogP contribution >= 0.6 is 23.2 Å². The third-order valence-electron chi connectivity index (χ3n) is 4.49. The number of benzene rings is 1. The molecular formula is C17H18Cl2N6. The number of fused-ring (bicyclic) bond motifs is 1. The fourth-order valence-electron chi connectivity index (χ4n) is 3.20. The summed E-state index contributed by atoms with van der Waals surface area (Å²) in [6.45, 7) is 6.59. The molecule has 3 aromatic rings. The smallest absolute Gasteiger partial charge is 0.200 e. The Morgan fingerprint density at radius 3 is 2.64 bits per heavy atom. The summed E-state index contributed by atoms with van der Waals surface area (Å²) in [5.41, 5.74) is 3.96. The number of aromatic nitrogens is 4. The second-order valence-corrected chi connectivity index (χ2v) is 7.11. The van der Waals surface area contributed by atoms with Crippen LogP contribution in [0, 0.1) is 6.92 Å². The van der Waals surface area contributed by atoms with Crippen molar-refractivity contribution in [2.45, 2.75) is 13.5 Å². The van der Waals surface area contributed by atoms with Crippen molar-refractivity contribution in [2.24, 2.45) is 0 Å². The van der Waals surface area contributed by atoms with Gasteiger partial charge in [-0.25, -0.2) is 0 Å². The molecule has 0 bridgehead atoms. The molecule has 1 aliphatic rings. The minimum absolute atomic E-state index is 0.670. The highest BCUT2D eigenvalue weighted by molar-refractivity contribution is 6.35. The summed E-state index contributed by atoms with van der Waals surface area (Å²) in [4.78, 5) is 4.75. The summed E-state index contributed by atoms with van der Waals surface area (Å²) in [5, 5.41) is 14.0. The number of halogens is 2. The van der Waals surface area contributed by atoms with Gasteiger partial charge in [-0.3, -0.25) is 4.90 Å². The Morgan fingerprint density at radius 1 is 1.08 bits per heavy atom. The van der Waals surface area contributed by atoms with Gasteiger partial charge in [0.25, 0.3) is 0 Å². The lowest BCUT2D eigenvalue weighted by Crippen LogP contribution is -2.46. The van der Waals surface area contributed by atoms with Gasteiger partial charge < -0.3 is 4.90 Å². The van der Waals surface area contributed by atoms with Crippen LogP contribution in [0.4, 0.5) is 5.69 Å². The molecule has 0 N–H and O–H groups in total. The molecule has 2 aromatic heterocycles. The Hall–Kier alpha value is -1.89. The highest BCUT2D eigenvalue weighted by atomic mass is 35.5. The predicted molar refractivity (Wildman–Crippen MR) is 99.5 cm³/mol. The van der Waals surface area contributed by atoms with Crippen molar-refractivity contribution >= 4 is 34.5 Å². The van der Waals surface area contributed by atoms with Gasteiger partial charge in [-0.15, -0.1) is 10.2 Å². The molecule has 0 radical (unpaired) electrons. The summed E-state index contributed by atoms with van der Waals surface area (Å²) < 4.78 is 1.74. The van der Waals surface area contributed by atoms with Gasteiger partial charge in [0.2, 0.25) is 5.65 Å². The first kappa shape index (κ1) is 16.6. The molecule has 1 fully saturated rings. The van der Waals surface area contributed by atoms with Gasteiger partial charge in [0.05, 0.1) is 11.4 Å². The zero-order chi connectivity index (χ0) is 17.4. The van der Waals surface area contributed by atoms with Crippen molar-refractivity contribution in [1.82, 2.24) is 24.7 Å². The van der Waals surface area contributed by atoms with Crippen LogP contribution in [0.15, 0.2) is 30.6 Å². The van der Waals surface area contributed by atoms with Crippen molar-refractivity contribution in [3.8, 4) is 0 Å². The second-order valence-electron chi connectivity index (χ2n) is 6.27. The standard InChI is InChI=1S/C17H18Cl2N6/c1-12-8-16(17-21-20-11-25(17)22-12)24-6-4-23(5-7-24)10-13-2-3-14(18)9-15(13)19/h2-3,8-9,11H,4-7,10H2,1H3. The molecule has 1 saturated heterocycles. The molecule has 4 rings (SSSR count). The van der Waals surface area contributed by atoms with E-state index in [-0.39, 0.29) is 0 Å². The lowest BCUT2D eigenvalue weighted by atomic mass is 10.2. The maximum atomic E-state index is 6.30. The highest BCUT2D eigenvalue weighted by Crippen LogP contribution is 2.25. The summed E-state index contributed by atoms with van der Waals surface area (Å²) >= 11 is 12.3. The van der Waals surface area contributed by atoms with E-state index in [1.165, 1.54) is 0 Å². The van der Waals surface area contributed by atoms with Gasteiger partial charge in [0.15, 0.2) is 0 Å². The fourth-order valence-corrected chi connectivity index (χ4v) is 3.67. The molecule has 0 unspecified atom stereocenters. The lowest BCUT2D eigenvalue weighted by molar-refractivity contribution is 0.250. The maximum Gasteiger partial charge on any atom is 0.200 e. The Kier molecular flexibility index (Phi) is 4.50. The Balaban J connectivity index is 1.47. The molecule has 1 aliphatic heterocycles. The van der Waals surface area contributed by atoms with Crippen molar-refractivity contribution in [3.05, 3.63) is 51.9 Å². The highest BCUT2D eigenvalue weighted by Gasteiger charge is 2.21. The Morgan fingerprint density at radius 2 is 1.88 bits per heavy atom. The number of aryl methyl sites for hydroxylation is 1. The summed E-state index contributed by atoms with van der Waals surface area (Å²) in [6.07, 6.45) is 1.64. The normalized spacial score (nSPS) is 15.9. The van der Waals surface area contributed by atoms with Crippen LogP contribution in [0.2, 0.25) is 10.0 Å². The Bertz CT molecular complexity index is 901. The molecule has 0 spiro atoms. The average Bonchev–Trinajstić information content (AvgIpc) is 3.05. The van der Waals surface area contributed by atoms with Crippen molar-refractivity contribution in [1.29, 1.82) is 0 Å². The summed E-state index contributed by atoms with van der Waals surface area (Å²) in [7, 11) is 0. The summed E-state index contributed by atoms with van der Waals surface area (Å²) in [5.74, 6) is 0. The zero-order valence-corrected chi connectivity index (χ0v) is 15.4. The van der Waals surface area contributed by atoms with Crippen molar-refractivity contribution in [2.75, 3.05) is 31.1 Å². The average molecular weight is 377 g/mol. The van der Waals surface area contributed by atoms with Crippen LogP contribution in [0.5, 0.6) is 0 Å². The van der Waals surface area contributed by atoms with E-state index < -0.39 is 0 Å². The number of hydrogen-bond acceptors (Lipinski definition) is 5. The fraction of sp³-hybridized carbons (Fsp3) is 0.353. The SMILES string of the molecule is Cc1cc(N2CCN(Cc3ccc(Cl)cc3Cl)CC2)c2nncn2n1. The monoisotopic (exact) mass is 376 g/mol. The van der Waals surface area contributed by atoms with E-state index >= 15 is 0 Å². The molecule has 8 heteroatoms. The van der Waals surface area contributed by atoms with E-state index in [1.807, 2.05) is 19.1 Å². The van der Waals surface area contributed by atoms with E-state index in [0.29, 0.717) is 5.02 Å². The van der Waals surface area contributed by atoms with Crippen LogP contribution in [-0.2, 0) is 6.54 Å². The molecule has 0 aliphatic carbocycles. The molecule has 25 heavy (non-hydrogen) atoms. The van der Waals surface area contributed by atoms with Crippen LogP contribution in [0.3, 0.4) is 0 Å². The Labute approximate surface area is 156 Å². The third kappa shape index (κ3) is 3.42.